The number of carbonyl (C=O) groups is 1. The van der Waals surface area contributed by atoms with Gasteiger partial charge in [0.2, 0.25) is 5.91 Å². The largest absolute Gasteiger partial charge is 0.371 e. The molecule has 4 nitrogen and oxygen atoms in total. The van der Waals surface area contributed by atoms with E-state index in [0.717, 1.165) is 32.4 Å². The van der Waals surface area contributed by atoms with Gasteiger partial charge in [-0.1, -0.05) is 46.8 Å². The Morgan fingerprint density at radius 3 is 2.28 bits per heavy atom. The lowest BCUT2D eigenvalue weighted by Gasteiger charge is -2.35. The normalized spacial score (nSPS) is 15.3. The van der Waals surface area contributed by atoms with Crippen molar-refractivity contribution < 1.29 is 9.18 Å². The van der Waals surface area contributed by atoms with Crippen molar-refractivity contribution in [2.24, 2.45) is 11.3 Å². The Morgan fingerprint density at radius 1 is 1.09 bits per heavy atom. The first-order valence-electron chi connectivity index (χ1n) is 11.3. The molecule has 0 aliphatic carbocycles. The molecular weight excluding hydrogens is 401 g/mol. The fourth-order valence-electron chi connectivity index (χ4n) is 4.88. The van der Waals surface area contributed by atoms with Crippen molar-refractivity contribution >= 4 is 17.3 Å². The molecule has 1 amide bonds. The summed E-state index contributed by atoms with van der Waals surface area (Å²) in [5, 5.41) is 11.8. The molecule has 0 saturated carbocycles. The lowest BCUT2D eigenvalue weighted by atomic mass is 9.72. The third-order valence-electron chi connectivity index (χ3n) is 6.21. The van der Waals surface area contributed by atoms with Crippen LogP contribution in [0, 0.1) is 28.5 Å². The van der Waals surface area contributed by atoms with Gasteiger partial charge in [0.05, 0.1) is 5.56 Å². The molecule has 1 aliphatic rings. The third-order valence-corrected chi connectivity index (χ3v) is 6.21. The number of nitrogens with one attached hydrogen (secondary N) is 1. The van der Waals surface area contributed by atoms with Crippen molar-refractivity contribution in [1.29, 1.82) is 5.26 Å². The molecule has 0 aromatic heterocycles. The summed E-state index contributed by atoms with van der Waals surface area (Å²) in [6, 6.07) is 14.8. The van der Waals surface area contributed by atoms with Gasteiger partial charge >= 0.3 is 0 Å². The van der Waals surface area contributed by atoms with Crippen LogP contribution in [0.2, 0.25) is 0 Å². The summed E-state index contributed by atoms with van der Waals surface area (Å²) in [5.74, 6) is -0.738. The van der Waals surface area contributed by atoms with Crippen molar-refractivity contribution in [3.8, 4) is 6.07 Å². The van der Waals surface area contributed by atoms with Gasteiger partial charge in [0.1, 0.15) is 11.9 Å². The zero-order chi connectivity index (χ0) is 23.5. The average molecular weight is 436 g/mol. The van der Waals surface area contributed by atoms with Crippen molar-refractivity contribution in [1.82, 2.24) is 0 Å². The van der Waals surface area contributed by atoms with E-state index in [4.69, 9.17) is 5.26 Å². The summed E-state index contributed by atoms with van der Waals surface area (Å²) < 4.78 is 13.5. The summed E-state index contributed by atoms with van der Waals surface area (Å²) in [6.07, 6.45) is 2.63. The highest BCUT2D eigenvalue weighted by Gasteiger charge is 2.28. The first-order valence-corrected chi connectivity index (χ1v) is 11.3. The van der Waals surface area contributed by atoms with E-state index in [1.165, 1.54) is 29.4 Å². The molecule has 1 fully saturated rings. The van der Waals surface area contributed by atoms with Gasteiger partial charge in [-0.2, -0.15) is 5.26 Å². The topological polar surface area (TPSA) is 56.1 Å². The maximum Gasteiger partial charge on any atom is 0.227 e. The quantitative estimate of drug-likeness (QED) is 0.602. The van der Waals surface area contributed by atoms with Crippen LogP contribution in [0.5, 0.6) is 0 Å². The average Bonchev–Trinajstić information content (AvgIpc) is 2.73. The standard InChI is InChI=1S/C27H34FN3O/c1-26(2,3)18-27(4,5)21-6-9-23(10-7-21)31-14-12-19(13-15-31)25(32)30-22-8-11-24(28)20(16-22)17-29/h6-11,16,19H,12-15,18H2,1-5H3,(H,30,32). The van der Waals surface area contributed by atoms with Crippen LogP contribution in [0.4, 0.5) is 15.8 Å². The van der Waals surface area contributed by atoms with Crippen LogP contribution in [-0.2, 0) is 10.2 Å². The number of piperidine rings is 1. The van der Waals surface area contributed by atoms with E-state index in [-0.39, 0.29) is 28.2 Å². The monoisotopic (exact) mass is 435 g/mol. The van der Waals surface area contributed by atoms with E-state index >= 15 is 0 Å². The number of anilines is 2. The molecule has 0 spiro atoms. The van der Waals surface area contributed by atoms with E-state index in [1.807, 2.05) is 0 Å². The predicted octanol–water partition coefficient (Wildman–Crippen LogP) is 6.27. The highest BCUT2D eigenvalue weighted by atomic mass is 19.1. The Bertz CT molecular complexity index is 991. The van der Waals surface area contributed by atoms with Crippen LogP contribution >= 0.6 is 0 Å². The van der Waals surface area contributed by atoms with E-state index in [2.05, 4.69) is 69.1 Å². The molecular formula is C27H34FN3O. The maximum atomic E-state index is 13.5. The van der Waals surface area contributed by atoms with Crippen LogP contribution in [0.25, 0.3) is 0 Å². The molecule has 5 heteroatoms. The number of halogens is 1. The van der Waals surface area contributed by atoms with Crippen LogP contribution in [0.15, 0.2) is 42.5 Å². The lowest BCUT2D eigenvalue weighted by molar-refractivity contribution is -0.120. The second-order valence-corrected chi connectivity index (χ2v) is 10.7. The molecule has 0 bridgehead atoms. The van der Waals surface area contributed by atoms with Crippen molar-refractivity contribution in [3.63, 3.8) is 0 Å². The van der Waals surface area contributed by atoms with Gasteiger partial charge in [-0.25, -0.2) is 4.39 Å². The number of nitrogens with zero attached hydrogens (tertiary/aromatic N) is 2. The second-order valence-electron chi connectivity index (χ2n) is 10.7. The van der Waals surface area contributed by atoms with E-state index < -0.39 is 5.82 Å². The Balaban J connectivity index is 1.57. The zero-order valence-corrected chi connectivity index (χ0v) is 19.8. The molecule has 0 unspecified atom stereocenters. The van der Waals surface area contributed by atoms with Gasteiger partial charge in [0, 0.05) is 30.4 Å². The minimum atomic E-state index is -0.577. The predicted molar refractivity (Wildman–Crippen MR) is 128 cm³/mol. The molecule has 0 radical (unpaired) electrons. The number of nitriles is 1. The van der Waals surface area contributed by atoms with Crippen molar-refractivity contribution in [2.75, 3.05) is 23.3 Å². The molecule has 2 aromatic carbocycles. The minimum Gasteiger partial charge on any atom is -0.371 e. The molecule has 3 rings (SSSR count). The number of carbonyl (C=O) groups excluding carboxylic acids is 1. The summed E-state index contributed by atoms with van der Waals surface area (Å²) >= 11 is 0. The van der Waals surface area contributed by atoms with Crippen LogP contribution < -0.4 is 10.2 Å². The molecule has 1 aliphatic heterocycles. The summed E-state index contributed by atoms with van der Waals surface area (Å²) in [5.41, 5.74) is 3.33. The van der Waals surface area contributed by atoms with E-state index in [1.54, 1.807) is 6.07 Å². The van der Waals surface area contributed by atoms with Gasteiger partial charge in [0.25, 0.3) is 0 Å². The van der Waals surface area contributed by atoms with Crippen LogP contribution in [-0.4, -0.2) is 19.0 Å². The fraction of sp³-hybridized carbons (Fsp3) is 0.481. The Hall–Kier alpha value is -2.87. The Kier molecular flexibility index (Phi) is 6.93. The highest BCUT2D eigenvalue weighted by molar-refractivity contribution is 5.92. The van der Waals surface area contributed by atoms with Crippen LogP contribution in [0.3, 0.4) is 0 Å². The van der Waals surface area contributed by atoms with E-state index in [9.17, 15) is 9.18 Å². The number of benzene rings is 2. The maximum absolute atomic E-state index is 13.5. The number of amides is 1. The molecule has 32 heavy (non-hydrogen) atoms. The molecule has 2 aromatic rings. The minimum absolute atomic E-state index is 0.0632. The molecule has 1 heterocycles. The molecule has 170 valence electrons. The fourth-order valence-corrected chi connectivity index (χ4v) is 4.88. The second kappa shape index (κ2) is 9.32. The first kappa shape index (κ1) is 23.8. The summed E-state index contributed by atoms with van der Waals surface area (Å²) in [6.45, 7) is 13.1. The SMILES string of the molecule is CC(C)(C)CC(C)(C)c1ccc(N2CCC(C(=O)Nc3ccc(F)c(C#N)c3)CC2)cc1. The van der Waals surface area contributed by atoms with Crippen LogP contribution in [0.1, 0.15) is 65.0 Å². The lowest BCUT2D eigenvalue weighted by Crippen LogP contribution is -2.38. The number of hydrogen-bond acceptors (Lipinski definition) is 3. The van der Waals surface area contributed by atoms with Gasteiger partial charge in [0.15, 0.2) is 0 Å². The Morgan fingerprint density at radius 2 is 1.72 bits per heavy atom. The van der Waals surface area contributed by atoms with Crippen molar-refractivity contribution in [2.45, 2.75) is 59.3 Å². The van der Waals surface area contributed by atoms with Gasteiger partial charge in [-0.15, -0.1) is 0 Å². The summed E-state index contributed by atoms with van der Waals surface area (Å²) in [4.78, 5) is 15.0. The third kappa shape index (κ3) is 5.88. The molecule has 1 saturated heterocycles. The van der Waals surface area contributed by atoms with Gasteiger partial charge < -0.3 is 10.2 Å². The molecule has 1 N–H and O–H groups in total. The van der Waals surface area contributed by atoms with Gasteiger partial charge in [-0.3, -0.25) is 4.79 Å². The summed E-state index contributed by atoms with van der Waals surface area (Å²) in [7, 11) is 0. The van der Waals surface area contributed by atoms with E-state index in [0.29, 0.717) is 5.69 Å². The highest BCUT2D eigenvalue weighted by Crippen LogP contribution is 2.37. The Labute approximate surface area is 191 Å². The smallest absolute Gasteiger partial charge is 0.227 e. The number of rotatable bonds is 5. The number of hydrogen-bond donors (Lipinski definition) is 1. The van der Waals surface area contributed by atoms with Gasteiger partial charge in [-0.05, 0) is 66.0 Å². The first-order chi connectivity index (χ1) is 15.0. The zero-order valence-electron chi connectivity index (χ0n) is 19.8. The molecule has 0 atom stereocenters. The van der Waals surface area contributed by atoms with Crippen molar-refractivity contribution in [3.05, 3.63) is 59.4 Å².